The molecule has 0 atom stereocenters. The molecule has 15 heavy (non-hydrogen) atoms. The molecular formula is C12H14N2O. The van der Waals surface area contributed by atoms with Crippen LogP contribution in [0.25, 0.3) is 11.5 Å². The van der Waals surface area contributed by atoms with Crippen LogP contribution in [0.3, 0.4) is 0 Å². The van der Waals surface area contributed by atoms with Crippen LogP contribution < -0.4 is 0 Å². The SMILES string of the molecule is CC(C)Cc1ccc(-c2ccno2)nc1. The van der Waals surface area contributed by atoms with Crippen LogP contribution in [0.15, 0.2) is 35.1 Å². The van der Waals surface area contributed by atoms with E-state index in [2.05, 4.69) is 30.1 Å². The van der Waals surface area contributed by atoms with Gasteiger partial charge in [0.05, 0.1) is 6.20 Å². The van der Waals surface area contributed by atoms with Crippen LogP contribution >= 0.6 is 0 Å². The zero-order valence-electron chi connectivity index (χ0n) is 8.97. The first-order valence-electron chi connectivity index (χ1n) is 5.11. The van der Waals surface area contributed by atoms with Crippen molar-refractivity contribution in [2.24, 2.45) is 5.92 Å². The molecule has 0 spiro atoms. The van der Waals surface area contributed by atoms with E-state index >= 15 is 0 Å². The zero-order chi connectivity index (χ0) is 10.7. The Kier molecular flexibility index (Phi) is 2.81. The van der Waals surface area contributed by atoms with E-state index < -0.39 is 0 Å². The zero-order valence-corrected chi connectivity index (χ0v) is 8.97. The van der Waals surface area contributed by atoms with Gasteiger partial charge in [0, 0.05) is 12.3 Å². The molecule has 2 aromatic rings. The average molecular weight is 202 g/mol. The summed E-state index contributed by atoms with van der Waals surface area (Å²) in [4.78, 5) is 4.34. The highest BCUT2D eigenvalue weighted by Crippen LogP contribution is 2.16. The fourth-order valence-electron chi connectivity index (χ4n) is 1.51. The molecule has 0 aliphatic rings. The van der Waals surface area contributed by atoms with Crippen molar-refractivity contribution in [3.8, 4) is 11.5 Å². The lowest BCUT2D eigenvalue weighted by molar-refractivity contribution is 0.431. The molecule has 78 valence electrons. The molecule has 2 aromatic heterocycles. The Balaban J connectivity index is 2.17. The largest absolute Gasteiger partial charge is 0.355 e. The highest BCUT2D eigenvalue weighted by atomic mass is 16.5. The molecule has 3 nitrogen and oxygen atoms in total. The third-order valence-electron chi connectivity index (χ3n) is 2.16. The minimum absolute atomic E-state index is 0.655. The highest BCUT2D eigenvalue weighted by molar-refractivity contribution is 5.50. The second-order valence-corrected chi connectivity index (χ2v) is 4.03. The molecule has 0 saturated carbocycles. The normalized spacial score (nSPS) is 10.9. The number of nitrogens with zero attached hydrogens (tertiary/aromatic N) is 2. The summed E-state index contributed by atoms with van der Waals surface area (Å²) in [6.07, 6.45) is 4.58. The Morgan fingerprint density at radius 1 is 1.27 bits per heavy atom. The van der Waals surface area contributed by atoms with Crippen LogP contribution in [0.2, 0.25) is 0 Å². The minimum atomic E-state index is 0.655. The Labute approximate surface area is 89.1 Å². The van der Waals surface area contributed by atoms with Crippen molar-refractivity contribution in [1.29, 1.82) is 0 Å². The maximum atomic E-state index is 5.03. The molecule has 0 amide bonds. The van der Waals surface area contributed by atoms with Crippen molar-refractivity contribution >= 4 is 0 Å². The fourth-order valence-corrected chi connectivity index (χ4v) is 1.51. The minimum Gasteiger partial charge on any atom is -0.355 e. The Morgan fingerprint density at radius 2 is 2.13 bits per heavy atom. The van der Waals surface area contributed by atoms with Crippen molar-refractivity contribution in [1.82, 2.24) is 10.1 Å². The van der Waals surface area contributed by atoms with Crippen molar-refractivity contribution in [3.63, 3.8) is 0 Å². The predicted molar refractivity (Wildman–Crippen MR) is 58.3 cm³/mol. The van der Waals surface area contributed by atoms with Crippen molar-refractivity contribution in [2.75, 3.05) is 0 Å². The summed E-state index contributed by atoms with van der Waals surface area (Å²) in [7, 11) is 0. The molecule has 0 N–H and O–H groups in total. The summed E-state index contributed by atoms with van der Waals surface area (Å²) in [5.41, 5.74) is 2.09. The summed E-state index contributed by atoms with van der Waals surface area (Å²) in [6.45, 7) is 4.40. The van der Waals surface area contributed by atoms with Crippen LogP contribution in [0, 0.1) is 5.92 Å². The quantitative estimate of drug-likeness (QED) is 0.768. The van der Waals surface area contributed by atoms with Crippen molar-refractivity contribution < 1.29 is 4.52 Å². The number of hydrogen-bond donors (Lipinski definition) is 0. The molecule has 0 bridgehead atoms. The van der Waals surface area contributed by atoms with E-state index in [1.54, 1.807) is 6.20 Å². The Hall–Kier alpha value is -1.64. The first-order valence-corrected chi connectivity index (χ1v) is 5.11. The molecular weight excluding hydrogens is 188 g/mol. The number of pyridine rings is 1. The average Bonchev–Trinajstić information content (AvgIpc) is 2.71. The maximum Gasteiger partial charge on any atom is 0.185 e. The molecule has 3 heteroatoms. The van der Waals surface area contributed by atoms with E-state index in [-0.39, 0.29) is 0 Å². The first-order chi connectivity index (χ1) is 7.25. The van der Waals surface area contributed by atoms with E-state index in [0.29, 0.717) is 11.7 Å². The first kappa shape index (κ1) is 9.90. The lowest BCUT2D eigenvalue weighted by Gasteiger charge is -2.04. The maximum absolute atomic E-state index is 5.03. The highest BCUT2D eigenvalue weighted by Gasteiger charge is 2.03. The summed E-state index contributed by atoms with van der Waals surface area (Å²) in [6, 6.07) is 5.87. The lowest BCUT2D eigenvalue weighted by Crippen LogP contribution is -1.94. The van der Waals surface area contributed by atoms with E-state index in [4.69, 9.17) is 4.52 Å². The van der Waals surface area contributed by atoms with Gasteiger partial charge in [0.1, 0.15) is 5.69 Å². The molecule has 0 aliphatic heterocycles. The summed E-state index contributed by atoms with van der Waals surface area (Å²) in [5.74, 6) is 1.37. The van der Waals surface area contributed by atoms with Crippen molar-refractivity contribution in [2.45, 2.75) is 20.3 Å². The van der Waals surface area contributed by atoms with Gasteiger partial charge in [-0.1, -0.05) is 25.1 Å². The molecule has 0 aromatic carbocycles. The van der Waals surface area contributed by atoms with Gasteiger partial charge >= 0.3 is 0 Å². The fraction of sp³-hybridized carbons (Fsp3) is 0.333. The monoisotopic (exact) mass is 202 g/mol. The molecule has 0 fully saturated rings. The van der Waals surface area contributed by atoms with Crippen LogP contribution in [-0.4, -0.2) is 10.1 Å². The van der Waals surface area contributed by atoms with Gasteiger partial charge in [-0.2, -0.15) is 0 Å². The molecule has 2 heterocycles. The molecule has 0 radical (unpaired) electrons. The third-order valence-corrected chi connectivity index (χ3v) is 2.16. The predicted octanol–water partition coefficient (Wildman–Crippen LogP) is 2.94. The molecule has 0 aliphatic carbocycles. The number of rotatable bonds is 3. The summed E-state index contributed by atoms with van der Waals surface area (Å²) >= 11 is 0. The third kappa shape index (κ3) is 2.43. The van der Waals surface area contributed by atoms with Crippen LogP contribution in [0.4, 0.5) is 0 Å². The van der Waals surface area contributed by atoms with Gasteiger partial charge in [-0.3, -0.25) is 4.98 Å². The standard InChI is InChI=1S/C12H14N2O/c1-9(2)7-10-3-4-11(13-8-10)12-5-6-14-15-12/h3-6,8-9H,7H2,1-2H3. The number of aromatic nitrogens is 2. The van der Waals surface area contributed by atoms with E-state index in [9.17, 15) is 0 Å². The molecule has 0 saturated heterocycles. The van der Waals surface area contributed by atoms with Crippen molar-refractivity contribution in [3.05, 3.63) is 36.2 Å². The van der Waals surface area contributed by atoms with Crippen LogP contribution in [-0.2, 0) is 6.42 Å². The summed E-state index contributed by atoms with van der Waals surface area (Å²) < 4.78 is 5.03. The topological polar surface area (TPSA) is 38.9 Å². The Bertz CT molecular complexity index is 404. The smallest absolute Gasteiger partial charge is 0.185 e. The molecule has 2 rings (SSSR count). The van der Waals surface area contributed by atoms with Gasteiger partial charge < -0.3 is 4.52 Å². The van der Waals surface area contributed by atoms with E-state index in [0.717, 1.165) is 12.1 Å². The van der Waals surface area contributed by atoms with Crippen LogP contribution in [0.5, 0.6) is 0 Å². The van der Waals surface area contributed by atoms with Gasteiger partial charge in [-0.25, -0.2) is 0 Å². The van der Waals surface area contributed by atoms with Gasteiger partial charge in [0.2, 0.25) is 0 Å². The van der Waals surface area contributed by atoms with Gasteiger partial charge in [0.25, 0.3) is 0 Å². The second-order valence-electron chi connectivity index (χ2n) is 4.03. The summed E-state index contributed by atoms with van der Waals surface area (Å²) in [5, 5.41) is 3.65. The lowest BCUT2D eigenvalue weighted by atomic mass is 10.0. The van der Waals surface area contributed by atoms with Gasteiger partial charge in [-0.05, 0) is 24.0 Å². The molecule has 0 unspecified atom stereocenters. The van der Waals surface area contributed by atoms with Gasteiger partial charge in [0.15, 0.2) is 5.76 Å². The van der Waals surface area contributed by atoms with E-state index in [1.807, 2.05) is 18.3 Å². The van der Waals surface area contributed by atoms with Gasteiger partial charge in [-0.15, -0.1) is 0 Å². The second kappa shape index (κ2) is 4.26. The Morgan fingerprint density at radius 3 is 2.67 bits per heavy atom. The number of hydrogen-bond acceptors (Lipinski definition) is 3. The van der Waals surface area contributed by atoms with Crippen LogP contribution in [0.1, 0.15) is 19.4 Å². The van der Waals surface area contributed by atoms with E-state index in [1.165, 1.54) is 5.56 Å².